The highest BCUT2D eigenvalue weighted by molar-refractivity contribution is 6.43. The van der Waals surface area contributed by atoms with Crippen LogP contribution in [0.3, 0.4) is 0 Å². The fourth-order valence-corrected chi connectivity index (χ4v) is 2.12. The van der Waals surface area contributed by atoms with Gasteiger partial charge >= 0.3 is 5.97 Å². The number of pyridine rings is 1. The third-order valence-corrected chi connectivity index (χ3v) is 3.38. The molecule has 0 unspecified atom stereocenters. The van der Waals surface area contributed by atoms with Crippen molar-refractivity contribution in [2.45, 2.75) is 6.42 Å². The summed E-state index contributed by atoms with van der Waals surface area (Å²) in [5.41, 5.74) is 0.908. The van der Waals surface area contributed by atoms with E-state index in [1.165, 1.54) is 12.3 Å². The Bertz CT molecular complexity index is 695. The Morgan fingerprint density at radius 1 is 1.26 bits per heavy atom. The van der Waals surface area contributed by atoms with E-state index in [0.29, 0.717) is 21.7 Å². The van der Waals surface area contributed by atoms with Crippen molar-refractivity contribution in [2.75, 3.05) is 0 Å². The highest BCUT2D eigenvalue weighted by Crippen LogP contribution is 2.31. The molecule has 0 fully saturated rings. The van der Waals surface area contributed by atoms with Crippen LogP contribution in [0.1, 0.15) is 5.56 Å². The Hall–Kier alpha value is -1.78. The van der Waals surface area contributed by atoms with E-state index in [0.717, 1.165) is 0 Å². The molecule has 6 heteroatoms. The minimum Gasteiger partial charge on any atom is -0.481 e. The Morgan fingerprint density at radius 2 is 2.00 bits per heavy atom. The number of carbonyl (C=O) groups is 1. The van der Waals surface area contributed by atoms with E-state index in [9.17, 15) is 9.59 Å². The molecule has 0 aliphatic carbocycles. The summed E-state index contributed by atoms with van der Waals surface area (Å²) in [6.45, 7) is 0. The van der Waals surface area contributed by atoms with Crippen LogP contribution in [0.4, 0.5) is 0 Å². The van der Waals surface area contributed by atoms with Crippen LogP contribution in [0.5, 0.6) is 0 Å². The summed E-state index contributed by atoms with van der Waals surface area (Å²) in [5, 5.41) is 9.36. The second kappa shape index (κ2) is 5.47. The first kappa shape index (κ1) is 13.6. The number of rotatable bonds is 3. The molecule has 98 valence electrons. The van der Waals surface area contributed by atoms with E-state index in [1.54, 1.807) is 18.2 Å². The van der Waals surface area contributed by atoms with Crippen molar-refractivity contribution in [1.82, 2.24) is 4.98 Å². The average Bonchev–Trinajstić information content (AvgIpc) is 2.35. The molecule has 0 radical (unpaired) electrons. The van der Waals surface area contributed by atoms with Gasteiger partial charge in [0.1, 0.15) is 0 Å². The normalized spacial score (nSPS) is 10.4. The van der Waals surface area contributed by atoms with E-state index >= 15 is 0 Å². The fourth-order valence-electron chi connectivity index (χ4n) is 1.72. The smallest absolute Gasteiger partial charge is 0.307 e. The lowest BCUT2D eigenvalue weighted by Gasteiger charge is -2.06. The molecule has 1 aromatic carbocycles. The largest absolute Gasteiger partial charge is 0.481 e. The topological polar surface area (TPSA) is 70.2 Å². The summed E-state index contributed by atoms with van der Waals surface area (Å²) in [5.74, 6) is -0.977. The number of H-pyrrole nitrogens is 1. The Kier molecular flexibility index (Phi) is 3.93. The molecule has 0 amide bonds. The van der Waals surface area contributed by atoms with Crippen molar-refractivity contribution in [3.63, 3.8) is 0 Å². The number of aromatic nitrogens is 1. The van der Waals surface area contributed by atoms with Gasteiger partial charge in [-0.3, -0.25) is 9.59 Å². The molecule has 0 spiro atoms. The van der Waals surface area contributed by atoms with Gasteiger partial charge in [-0.15, -0.1) is 0 Å². The number of hydrogen-bond acceptors (Lipinski definition) is 2. The maximum absolute atomic E-state index is 11.8. The lowest BCUT2D eigenvalue weighted by atomic mass is 10.0. The van der Waals surface area contributed by atoms with Crippen LogP contribution < -0.4 is 5.56 Å². The summed E-state index contributed by atoms with van der Waals surface area (Å²) < 4.78 is 0. The third kappa shape index (κ3) is 2.97. The van der Waals surface area contributed by atoms with Gasteiger partial charge in [0.2, 0.25) is 0 Å². The van der Waals surface area contributed by atoms with Crippen molar-refractivity contribution >= 4 is 29.2 Å². The van der Waals surface area contributed by atoms with Crippen molar-refractivity contribution < 1.29 is 9.90 Å². The van der Waals surface area contributed by atoms with Gasteiger partial charge < -0.3 is 10.1 Å². The fraction of sp³-hybridized carbons (Fsp3) is 0.0769. The predicted molar refractivity (Wildman–Crippen MR) is 73.9 cm³/mol. The van der Waals surface area contributed by atoms with Gasteiger partial charge in [-0.2, -0.15) is 0 Å². The summed E-state index contributed by atoms with van der Waals surface area (Å²) in [6, 6.07) is 6.45. The quantitative estimate of drug-likeness (QED) is 0.915. The van der Waals surface area contributed by atoms with E-state index in [2.05, 4.69) is 4.98 Å². The van der Waals surface area contributed by atoms with Crippen LogP contribution >= 0.6 is 23.2 Å². The summed E-state index contributed by atoms with van der Waals surface area (Å²) in [6.07, 6.45) is 1.19. The van der Waals surface area contributed by atoms with E-state index < -0.39 is 5.97 Å². The van der Waals surface area contributed by atoms with Crippen molar-refractivity contribution in [1.29, 1.82) is 0 Å². The van der Waals surface area contributed by atoms with Crippen molar-refractivity contribution in [2.24, 2.45) is 0 Å². The molecule has 2 N–H and O–H groups in total. The molecule has 0 saturated carbocycles. The SMILES string of the molecule is O=C(O)Cc1c[nH]c(=O)c(-c2cccc(Cl)c2Cl)c1. The van der Waals surface area contributed by atoms with Crippen LogP contribution in [0.2, 0.25) is 10.0 Å². The van der Waals surface area contributed by atoms with Crippen molar-refractivity contribution in [3.8, 4) is 11.1 Å². The molecular weight excluding hydrogens is 289 g/mol. The molecule has 1 aromatic heterocycles. The van der Waals surface area contributed by atoms with E-state index in [4.69, 9.17) is 28.3 Å². The molecule has 4 nitrogen and oxygen atoms in total. The maximum atomic E-state index is 11.8. The summed E-state index contributed by atoms with van der Waals surface area (Å²) >= 11 is 12.0. The number of benzene rings is 1. The zero-order chi connectivity index (χ0) is 14.0. The summed E-state index contributed by atoms with van der Waals surface area (Å²) in [7, 11) is 0. The van der Waals surface area contributed by atoms with Crippen molar-refractivity contribution in [3.05, 3.63) is 56.4 Å². The molecule has 0 aliphatic rings. The van der Waals surface area contributed by atoms with Gasteiger partial charge in [0.05, 0.1) is 16.5 Å². The van der Waals surface area contributed by atoms with Crippen LogP contribution in [0.25, 0.3) is 11.1 Å². The Balaban J connectivity index is 2.58. The highest BCUT2D eigenvalue weighted by Gasteiger charge is 2.12. The predicted octanol–water partition coefficient (Wildman–Crippen LogP) is 2.98. The van der Waals surface area contributed by atoms with Crippen LogP contribution in [-0.2, 0) is 11.2 Å². The molecule has 1 heterocycles. The molecule has 19 heavy (non-hydrogen) atoms. The Morgan fingerprint density at radius 3 is 2.68 bits per heavy atom. The second-order valence-electron chi connectivity index (χ2n) is 3.92. The minimum absolute atomic E-state index is 0.179. The molecule has 0 saturated heterocycles. The van der Waals surface area contributed by atoms with Gasteiger partial charge in [0.25, 0.3) is 5.56 Å². The van der Waals surface area contributed by atoms with Gasteiger partial charge in [-0.1, -0.05) is 35.3 Å². The first-order valence-corrected chi connectivity index (χ1v) is 6.12. The first-order chi connectivity index (χ1) is 8.99. The standard InChI is InChI=1S/C13H9Cl2NO3/c14-10-3-1-2-8(12(10)15)9-4-7(5-11(17)18)6-16-13(9)19/h1-4,6H,5H2,(H,16,19)(H,17,18). The molecule has 2 aromatic rings. The monoisotopic (exact) mass is 297 g/mol. The summed E-state index contributed by atoms with van der Waals surface area (Å²) in [4.78, 5) is 25.0. The number of hydrogen-bond donors (Lipinski definition) is 2. The number of aliphatic carboxylic acids is 1. The second-order valence-corrected chi connectivity index (χ2v) is 4.71. The maximum Gasteiger partial charge on any atom is 0.307 e. The lowest BCUT2D eigenvalue weighted by Crippen LogP contribution is -2.11. The molecule has 2 rings (SSSR count). The number of aromatic amines is 1. The van der Waals surface area contributed by atoms with E-state index in [-0.39, 0.29) is 17.0 Å². The van der Waals surface area contributed by atoms with Gasteiger partial charge in [-0.25, -0.2) is 0 Å². The Labute approximate surface area is 118 Å². The zero-order valence-electron chi connectivity index (χ0n) is 9.61. The van der Waals surface area contributed by atoms with Crippen LogP contribution in [0.15, 0.2) is 35.3 Å². The minimum atomic E-state index is -0.977. The van der Waals surface area contributed by atoms with Crippen LogP contribution in [-0.4, -0.2) is 16.1 Å². The number of carboxylic acids is 1. The molecule has 0 aliphatic heterocycles. The van der Waals surface area contributed by atoms with E-state index in [1.807, 2.05) is 0 Å². The third-order valence-electron chi connectivity index (χ3n) is 2.56. The number of nitrogens with one attached hydrogen (secondary N) is 1. The van der Waals surface area contributed by atoms with Gasteiger partial charge in [0, 0.05) is 17.3 Å². The van der Waals surface area contributed by atoms with Gasteiger partial charge in [0.15, 0.2) is 0 Å². The lowest BCUT2D eigenvalue weighted by molar-refractivity contribution is -0.136. The average molecular weight is 298 g/mol. The number of carboxylic acid groups (broad SMARTS) is 1. The molecule has 0 atom stereocenters. The van der Waals surface area contributed by atoms with Crippen LogP contribution in [0, 0.1) is 0 Å². The zero-order valence-corrected chi connectivity index (χ0v) is 11.1. The molecular formula is C13H9Cl2NO3. The first-order valence-electron chi connectivity index (χ1n) is 5.37. The highest BCUT2D eigenvalue weighted by atomic mass is 35.5. The van der Waals surface area contributed by atoms with Gasteiger partial charge in [-0.05, 0) is 17.7 Å². The number of halogens is 2. The molecule has 0 bridgehead atoms.